The Morgan fingerprint density at radius 1 is 1.12 bits per heavy atom. The van der Waals surface area contributed by atoms with E-state index in [2.05, 4.69) is 20.9 Å². The van der Waals surface area contributed by atoms with Crippen molar-refractivity contribution >= 4 is 23.2 Å². The predicted octanol–water partition coefficient (Wildman–Crippen LogP) is 3.21. The maximum absolute atomic E-state index is 6.03. The average Bonchev–Trinajstić information content (AvgIpc) is 3.04. The quantitative estimate of drug-likeness (QED) is 0.869. The van der Waals surface area contributed by atoms with Crippen LogP contribution in [-0.2, 0) is 5.54 Å². The van der Waals surface area contributed by atoms with Crippen LogP contribution < -0.4 is 11.1 Å². The van der Waals surface area contributed by atoms with E-state index in [0.29, 0.717) is 12.1 Å². The molecule has 138 valence electrons. The van der Waals surface area contributed by atoms with Crippen molar-refractivity contribution in [3.63, 3.8) is 0 Å². The minimum absolute atomic E-state index is 0.118. The number of anilines is 1. The molecule has 2 fully saturated rings. The molecule has 6 heteroatoms. The van der Waals surface area contributed by atoms with Crippen molar-refractivity contribution in [2.45, 2.75) is 75.4 Å². The van der Waals surface area contributed by atoms with E-state index in [-0.39, 0.29) is 5.54 Å². The van der Waals surface area contributed by atoms with Crippen LogP contribution in [0.1, 0.15) is 63.5 Å². The van der Waals surface area contributed by atoms with Gasteiger partial charge in [-0.2, -0.15) is 4.98 Å². The fourth-order valence-electron chi connectivity index (χ4n) is 5.09. The number of aliphatic imine (C=N–C) groups is 1. The lowest BCUT2D eigenvalue weighted by molar-refractivity contribution is 0.204. The molecule has 2 aromatic heterocycles. The van der Waals surface area contributed by atoms with E-state index in [1.165, 1.54) is 37.8 Å². The summed E-state index contributed by atoms with van der Waals surface area (Å²) in [4.78, 5) is 14.2. The van der Waals surface area contributed by atoms with E-state index in [9.17, 15) is 0 Å². The summed E-state index contributed by atoms with van der Waals surface area (Å²) >= 11 is 0. The molecule has 2 aliphatic carbocycles. The van der Waals surface area contributed by atoms with Crippen LogP contribution in [0.2, 0.25) is 0 Å². The van der Waals surface area contributed by atoms with Gasteiger partial charge in [-0.05, 0) is 44.6 Å². The lowest BCUT2D eigenvalue weighted by Crippen LogP contribution is -2.42. The smallest absolute Gasteiger partial charge is 0.224 e. The second-order valence-electron chi connectivity index (χ2n) is 8.39. The highest BCUT2D eigenvalue weighted by Crippen LogP contribution is 2.40. The van der Waals surface area contributed by atoms with Crippen molar-refractivity contribution in [3.8, 4) is 0 Å². The summed E-state index contributed by atoms with van der Waals surface area (Å²) in [6.07, 6.45) is 14.7. The molecule has 0 saturated heterocycles. The first-order valence-electron chi connectivity index (χ1n) is 10.1. The Hall–Kier alpha value is -1.95. The molecule has 0 bridgehead atoms. The Kier molecular flexibility index (Phi) is 3.96. The molecule has 0 aromatic carbocycles. The fraction of sp³-hybridized carbons (Fsp3) is 0.650. The van der Waals surface area contributed by atoms with E-state index in [0.717, 1.165) is 49.2 Å². The third-order valence-electron chi connectivity index (χ3n) is 6.54. The Balaban J connectivity index is 1.50. The van der Waals surface area contributed by atoms with Gasteiger partial charge in [0, 0.05) is 29.9 Å². The lowest BCUT2D eigenvalue weighted by Gasteiger charge is -2.40. The molecule has 0 unspecified atom stereocenters. The van der Waals surface area contributed by atoms with Gasteiger partial charge in [-0.1, -0.05) is 19.3 Å². The van der Waals surface area contributed by atoms with Crippen LogP contribution in [0.4, 0.5) is 5.95 Å². The highest BCUT2D eigenvalue weighted by atomic mass is 15.2. The zero-order valence-corrected chi connectivity index (χ0v) is 15.3. The van der Waals surface area contributed by atoms with Crippen LogP contribution in [0.25, 0.3) is 11.0 Å². The Labute approximate surface area is 154 Å². The van der Waals surface area contributed by atoms with E-state index < -0.39 is 0 Å². The topological polar surface area (TPSA) is 81.1 Å². The van der Waals surface area contributed by atoms with Crippen molar-refractivity contribution in [3.05, 3.63) is 18.0 Å². The van der Waals surface area contributed by atoms with Gasteiger partial charge in [0.2, 0.25) is 5.95 Å². The monoisotopic (exact) mass is 352 g/mol. The van der Waals surface area contributed by atoms with Gasteiger partial charge in [-0.25, -0.2) is 4.98 Å². The van der Waals surface area contributed by atoms with E-state index in [1.807, 2.05) is 12.4 Å². The SMILES string of the molecule is N[C@H]1CC[C@@H](Nc2ncc3cc4n(c3n2)C2(CCCCC2)CN=C4)CC1. The highest BCUT2D eigenvalue weighted by Gasteiger charge is 2.38. The molecule has 26 heavy (non-hydrogen) atoms. The molecule has 3 N–H and O–H groups in total. The molecule has 2 aromatic rings. The van der Waals surface area contributed by atoms with Crippen LogP contribution >= 0.6 is 0 Å². The van der Waals surface area contributed by atoms with Crippen LogP contribution in [0, 0.1) is 0 Å². The largest absolute Gasteiger partial charge is 0.351 e. The first kappa shape index (κ1) is 16.2. The average molecular weight is 352 g/mol. The second kappa shape index (κ2) is 6.34. The lowest BCUT2D eigenvalue weighted by atomic mass is 9.80. The third kappa shape index (κ3) is 2.71. The number of rotatable bonds is 2. The maximum atomic E-state index is 6.03. The van der Waals surface area contributed by atoms with Gasteiger partial charge in [-0.3, -0.25) is 4.99 Å². The van der Waals surface area contributed by atoms with Gasteiger partial charge in [0.1, 0.15) is 5.65 Å². The third-order valence-corrected chi connectivity index (χ3v) is 6.54. The molecular formula is C20H28N6. The molecule has 0 radical (unpaired) electrons. The van der Waals surface area contributed by atoms with Crippen LogP contribution in [-0.4, -0.2) is 39.4 Å². The van der Waals surface area contributed by atoms with Crippen LogP contribution in [0.5, 0.6) is 0 Å². The number of fused-ring (bicyclic) bond motifs is 4. The molecule has 5 rings (SSSR count). The fourth-order valence-corrected chi connectivity index (χ4v) is 5.09. The summed E-state index contributed by atoms with van der Waals surface area (Å²) in [7, 11) is 0. The minimum Gasteiger partial charge on any atom is -0.351 e. The van der Waals surface area contributed by atoms with Crippen LogP contribution in [0.15, 0.2) is 17.3 Å². The number of nitrogens with zero attached hydrogens (tertiary/aromatic N) is 4. The standard InChI is InChI=1S/C20H28N6/c21-15-4-6-16(7-5-15)24-19-23-11-14-10-17-12-22-13-20(8-2-1-3-9-20)26(17)18(14)25-19/h10-12,15-16H,1-9,13,21H2,(H,23,24,25)/t15-,16+. The summed E-state index contributed by atoms with van der Waals surface area (Å²) in [5, 5.41) is 4.68. The molecule has 3 heterocycles. The van der Waals surface area contributed by atoms with Crippen molar-refractivity contribution in [1.29, 1.82) is 0 Å². The Bertz CT molecular complexity index is 824. The van der Waals surface area contributed by atoms with Gasteiger partial charge >= 0.3 is 0 Å². The van der Waals surface area contributed by atoms with Gasteiger partial charge < -0.3 is 15.6 Å². The normalized spacial score (nSPS) is 27.6. The van der Waals surface area contributed by atoms with Gasteiger partial charge in [-0.15, -0.1) is 0 Å². The zero-order valence-electron chi connectivity index (χ0n) is 15.3. The number of aromatic nitrogens is 3. The number of nitrogens with one attached hydrogen (secondary N) is 1. The molecule has 0 atom stereocenters. The Morgan fingerprint density at radius 2 is 1.92 bits per heavy atom. The van der Waals surface area contributed by atoms with E-state index >= 15 is 0 Å². The maximum Gasteiger partial charge on any atom is 0.224 e. The first-order valence-corrected chi connectivity index (χ1v) is 10.1. The first-order chi connectivity index (χ1) is 12.7. The Morgan fingerprint density at radius 3 is 2.73 bits per heavy atom. The number of hydrogen-bond donors (Lipinski definition) is 2. The van der Waals surface area contributed by atoms with Gasteiger partial charge in [0.05, 0.1) is 17.8 Å². The van der Waals surface area contributed by atoms with E-state index in [1.54, 1.807) is 0 Å². The van der Waals surface area contributed by atoms with Gasteiger partial charge in [0.15, 0.2) is 0 Å². The molecule has 1 aliphatic heterocycles. The van der Waals surface area contributed by atoms with Crippen molar-refractivity contribution in [2.24, 2.45) is 10.7 Å². The summed E-state index contributed by atoms with van der Waals surface area (Å²) in [6, 6.07) is 2.99. The van der Waals surface area contributed by atoms with Crippen molar-refractivity contribution in [2.75, 3.05) is 11.9 Å². The summed E-state index contributed by atoms with van der Waals surface area (Å²) in [5.41, 5.74) is 8.40. The number of nitrogens with two attached hydrogens (primary N) is 1. The summed E-state index contributed by atoms with van der Waals surface area (Å²) < 4.78 is 2.47. The minimum atomic E-state index is 0.118. The predicted molar refractivity (Wildman–Crippen MR) is 105 cm³/mol. The molecule has 6 nitrogen and oxygen atoms in total. The van der Waals surface area contributed by atoms with Crippen LogP contribution in [0.3, 0.4) is 0 Å². The number of hydrogen-bond acceptors (Lipinski definition) is 5. The van der Waals surface area contributed by atoms with Crippen molar-refractivity contribution < 1.29 is 0 Å². The molecule has 2 saturated carbocycles. The summed E-state index contributed by atoms with van der Waals surface area (Å²) in [6.45, 7) is 0.886. The van der Waals surface area contributed by atoms with Gasteiger partial charge in [0.25, 0.3) is 0 Å². The summed E-state index contributed by atoms with van der Waals surface area (Å²) in [5.74, 6) is 0.757. The highest BCUT2D eigenvalue weighted by molar-refractivity contribution is 5.90. The zero-order chi connectivity index (χ0) is 17.6. The molecule has 1 spiro atoms. The molecule has 3 aliphatic rings. The van der Waals surface area contributed by atoms with E-state index in [4.69, 9.17) is 15.7 Å². The van der Waals surface area contributed by atoms with Crippen molar-refractivity contribution in [1.82, 2.24) is 14.5 Å². The molecule has 0 amide bonds. The molecular weight excluding hydrogens is 324 g/mol. The second-order valence-corrected chi connectivity index (χ2v) is 8.39.